The number of hydrogen-bond acceptors (Lipinski definition) is 3. The van der Waals surface area contributed by atoms with E-state index in [9.17, 15) is 13.5 Å². The molecule has 0 aliphatic rings. The van der Waals surface area contributed by atoms with Crippen molar-refractivity contribution in [2.75, 3.05) is 26.4 Å². The SMILES string of the molecule is CCCCCCCCCCCCCC[N+](C)(C)C(O)CS(=O)(=O)O. The first-order valence-corrected chi connectivity index (χ1v) is 11.3. The lowest BCUT2D eigenvalue weighted by molar-refractivity contribution is -0.933. The van der Waals surface area contributed by atoms with Crippen LogP contribution in [0.1, 0.15) is 84.0 Å². The standard InChI is InChI=1S/C18H39NO4S/c1-4-5-6-7-8-9-10-11-12-13-14-15-16-19(2,3)18(20)17-24(21,22)23/h18,20H,4-17H2,1-3H3/p+1. The second kappa shape index (κ2) is 13.1. The predicted octanol–water partition coefficient (Wildman–Crippen LogP) is 3.97. The summed E-state index contributed by atoms with van der Waals surface area (Å²) >= 11 is 0. The second-order valence-electron chi connectivity index (χ2n) is 7.62. The Hall–Kier alpha value is -0.170. The van der Waals surface area contributed by atoms with Gasteiger partial charge in [0, 0.05) is 0 Å². The van der Waals surface area contributed by atoms with Gasteiger partial charge in [-0.1, -0.05) is 71.1 Å². The van der Waals surface area contributed by atoms with Crippen LogP contribution in [0.3, 0.4) is 0 Å². The Morgan fingerprint density at radius 3 is 1.54 bits per heavy atom. The van der Waals surface area contributed by atoms with E-state index in [0.29, 0.717) is 6.54 Å². The van der Waals surface area contributed by atoms with Crippen molar-refractivity contribution in [3.8, 4) is 0 Å². The minimum atomic E-state index is -4.13. The average molecular weight is 367 g/mol. The van der Waals surface area contributed by atoms with Crippen molar-refractivity contribution < 1.29 is 22.6 Å². The van der Waals surface area contributed by atoms with Crippen LogP contribution in [-0.4, -0.2) is 55.2 Å². The van der Waals surface area contributed by atoms with Crippen LogP contribution in [-0.2, 0) is 10.1 Å². The van der Waals surface area contributed by atoms with E-state index >= 15 is 0 Å². The summed E-state index contributed by atoms with van der Waals surface area (Å²) in [5.41, 5.74) is 0. The molecule has 0 spiro atoms. The molecule has 0 aromatic rings. The third-order valence-electron chi connectivity index (χ3n) is 4.75. The van der Waals surface area contributed by atoms with Crippen LogP contribution in [0.4, 0.5) is 0 Å². The molecular weight excluding hydrogens is 326 g/mol. The Labute approximate surface area is 149 Å². The Balaban J connectivity index is 3.55. The van der Waals surface area contributed by atoms with Gasteiger partial charge in [-0.2, -0.15) is 8.42 Å². The number of nitrogens with zero attached hydrogens (tertiary/aromatic N) is 1. The fourth-order valence-corrected chi connectivity index (χ4v) is 3.68. The summed E-state index contributed by atoms with van der Waals surface area (Å²) < 4.78 is 30.7. The van der Waals surface area contributed by atoms with Gasteiger partial charge in [0.15, 0.2) is 5.75 Å². The molecule has 2 N–H and O–H groups in total. The van der Waals surface area contributed by atoms with Crippen molar-refractivity contribution in [3.05, 3.63) is 0 Å². The van der Waals surface area contributed by atoms with E-state index in [0.717, 1.165) is 12.8 Å². The Bertz CT molecular complexity index is 396. The van der Waals surface area contributed by atoms with E-state index in [4.69, 9.17) is 4.55 Å². The van der Waals surface area contributed by atoms with Gasteiger partial charge < -0.3 is 9.59 Å². The number of rotatable bonds is 16. The summed E-state index contributed by atoms with van der Waals surface area (Å²) in [7, 11) is -0.528. The average Bonchev–Trinajstić information content (AvgIpc) is 2.46. The summed E-state index contributed by atoms with van der Waals surface area (Å²) in [6.07, 6.45) is 14.3. The molecule has 6 heteroatoms. The first-order valence-electron chi connectivity index (χ1n) is 9.65. The Kier molecular flexibility index (Phi) is 13.0. The minimum Gasteiger partial charge on any atom is -0.344 e. The molecular formula is C18H40NO4S+. The van der Waals surface area contributed by atoms with Gasteiger partial charge in [-0.05, 0) is 12.8 Å². The van der Waals surface area contributed by atoms with Gasteiger partial charge >= 0.3 is 0 Å². The molecule has 0 aliphatic heterocycles. The Morgan fingerprint density at radius 2 is 1.17 bits per heavy atom. The van der Waals surface area contributed by atoms with Crippen LogP contribution < -0.4 is 0 Å². The van der Waals surface area contributed by atoms with Gasteiger partial charge in [0.25, 0.3) is 10.1 Å². The van der Waals surface area contributed by atoms with Crippen LogP contribution in [0.5, 0.6) is 0 Å². The zero-order chi connectivity index (χ0) is 18.5. The van der Waals surface area contributed by atoms with E-state index in [1.807, 2.05) is 0 Å². The molecule has 0 bridgehead atoms. The summed E-state index contributed by atoms with van der Waals surface area (Å²) in [6.45, 7) is 2.96. The monoisotopic (exact) mass is 366 g/mol. The molecule has 24 heavy (non-hydrogen) atoms. The molecule has 1 unspecified atom stereocenters. The van der Waals surface area contributed by atoms with Gasteiger partial charge in [0.1, 0.15) is 0 Å². The van der Waals surface area contributed by atoms with Crippen molar-refractivity contribution in [2.24, 2.45) is 0 Å². The fraction of sp³-hybridized carbons (Fsp3) is 1.00. The predicted molar refractivity (Wildman–Crippen MR) is 100 cm³/mol. The van der Waals surface area contributed by atoms with Gasteiger partial charge in [-0.25, -0.2) is 0 Å². The highest BCUT2D eigenvalue weighted by atomic mass is 32.2. The third kappa shape index (κ3) is 14.2. The number of hydrogen-bond donors (Lipinski definition) is 2. The number of quaternary nitrogens is 1. The smallest absolute Gasteiger partial charge is 0.273 e. The summed E-state index contributed by atoms with van der Waals surface area (Å²) in [5.74, 6) is -0.599. The van der Waals surface area contributed by atoms with Crippen molar-refractivity contribution in [1.82, 2.24) is 0 Å². The quantitative estimate of drug-likeness (QED) is 0.188. The van der Waals surface area contributed by atoms with Gasteiger partial charge in [0.05, 0.1) is 20.6 Å². The minimum absolute atomic E-state index is 0.206. The molecule has 0 fully saturated rings. The molecule has 0 aromatic carbocycles. The van der Waals surface area contributed by atoms with Crippen molar-refractivity contribution >= 4 is 10.1 Å². The van der Waals surface area contributed by atoms with Crippen LogP contribution in [0.15, 0.2) is 0 Å². The molecule has 0 heterocycles. The highest BCUT2D eigenvalue weighted by Crippen LogP contribution is 2.14. The van der Waals surface area contributed by atoms with E-state index in [-0.39, 0.29) is 4.48 Å². The van der Waals surface area contributed by atoms with Crippen LogP contribution in [0.25, 0.3) is 0 Å². The molecule has 0 saturated carbocycles. The van der Waals surface area contributed by atoms with Gasteiger partial charge in [-0.3, -0.25) is 4.55 Å². The van der Waals surface area contributed by atoms with E-state index in [1.54, 1.807) is 14.1 Å². The lowest BCUT2D eigenvalue weighted by Gasteiger charge is -2.34. The molecule has 1 atom stereocenters. The van der Waals surface area contributed by atoms with Crippen LogP contribution in [0.2, 0.25) is 0 Å². The maximum Gasteiger partial charge on any atom is 0.273 e. The third-order valence-corrected chi connectivity index (χ3v) is 5.47. The molecule has 0 rings (SSSR count). The molecule has 0 radical (unpaired) electrons. The topological polar surface area (TPSA) is 74.6 Å². The van der Waals surface area contributed by atoms with Gasteiger partial charge in [-0.15, -0.1) is 0 Å². The molecule has 0 aliphatic carbocycles. The largest absolute Gasteiger partial charge is 0.344 e. The highest BCUT2D eigenvalue weighted by molar-refractivity contribution is 7.85. The van der Waals surface area contributed by atoms with Crippen molar-refractivity contribution in [1.29, 1.82) is 0 Å². The number of unbranched alkanes of at least 4 members (excludes halogenated alkanes) is 11. The number of aliphatic hydroxyl groups excluding tert-OH is 1. The molecule has 146 valence electrons. The zero-order valence-electron chi connectivity index (χ0n) is 16.0. The summed E-state index contributed by atoms with van der Waals surface area (Å²) in [4.78, 5) is 0. The lowest BCUT2D eigenvalue weighted by atomic mass is 10.1. The summed E-state index contributed by atoms with van der Waals surface area (Å²) in [6, 6.07) is 0. The first-order chi connectivity index (χ1) is 11.2. The number of aliphatic hydroxyl groups is 1. The molecule has 0 aromatic heterocycles. The maximum atomic E-state index is 10.8. The molecule has 5 nitrogen and oxygen atoms in total. The van der Waals surface area contributed by atoms with E-state index in [1.165, 1.54) is 64.2 Å². The van der Waals surface area contributed by atoms with Crippen molar-refractivity contribution in [3.63, 3.8) is 0 Å². The van der Waals surface area contributed by atoms with Gasteiger partial charge in [0.2, 0.25) is 6.23 Å². The lowest BCUT2D eigenvalue weighted by Crippen LogP contribution is -2.52. The molecule has 0 saturated heterocycles. The summed E-state index contributed by atoms with van der Waals surface area (Å²) in [5, 5.41) is 9.92. The fourth-order valence-electron chi connectivity index (χ4n) is 2.90. The second-order valence-corrected chi connectivity index (χ2v) is 9.12. The van der Waals surface area contributed by atoms with E-state index < -0.39 is 22.1 Å². The van der Waals surface area contributed by atoms with Crippen LogP contribution in [0, 0.1) is 0 Å². The van der Waals surface area contributed by atoms with Crippen molar-refractivity contribution in [2.45, 2.75) is 90.2 Å². The zero-order valence-corrected chi connectivity index (χ0v) is 16.9. The molecule has 0 amide bonds. The highest BCUT2D eigenvalue weighted by Gasteiger charge is 2.29. The van der Waals surface area contributed by atoms with Crippen LogP contribution >= 0.6 is 0 Å². The normalized spacial score (nSPS) is 14.0. The van der Waals surface area contributed by atoms with E-state index in [2.05, 4.69) is 6.92 Å². The maximum absolute atomic E-state index is 10.8. The first kappa shape index (κ1) is 23.8. The Morgan fingerprint density at radius 1 is 0.792 bits per heavy atom.